The first-order valence-electron chi connectivity index (χ1n) is 9.68. The van der Waals surface area contributed by atoms with Crippen molar-refractivity contribution in [2.45, 2.75) is 18.9 Å². The van der Waals surface area contributed by atoms with Crippen LogP contribution in [0.15, 0.2) is 60.9 Å². The molecule has 1 atom stereocenters. The largest absolute Gasteiger partial charge is 0.338 e. The zero-order chi connectivity index (χ0) is 22.0. The van der Waals surface area contributed by atoms with E-state index in [0.717, 1.165) is 0 Å². The van der Waals surface area contributed by atoms with Crippen molar-refractivity contribution >= 4 is 23.4 Å². The third-order valence-corrected chi connectivity index (χ3v) is 5.03. The van der Waals surface area contributed by atoms with Gasteiger partial charge in [0.05, 0.1) is 5.69 Å². The molecule has 158 valence electrons. The topological polar surface area (TPSA) is 96.3 Å². The molecular weight excluding hydrogens is 401 g/mol. The lowest BCUT2D eigenvalue weighted by atomic mass is 10.0. The molecule has 1 aliphatic rings. The van der Waals surface area contributed by atoms with Gasteiger partial charge in [-0.15, -0.1) is 0 Å². The highest BCUT2D eigenvalue weighted by Crippen LogP contribution is 2.22. The summed E-state index contributed by atoms with van der Waals surface area (Å²) in [5.74, 6) is -0.596. The molecule has 3 aromatic rings. The zero-order valence-corrected chi connectivity index (χ0v) is 16.7. The van der Waals surface area contributed by atoms with Gasteiger partial charge in [0.1, 0.15) is 17.7 Å². The van der Waals surface area contributed by atoms with Crippen molar-refractivity contribution in [2.24, 2.45) is 7.05 Å². The Kier molecular flexibility index (Phi) is 5.48. The minimum absolute atomic E-state index is 0.136. The van der Waals surface area contributed by atoms with E-state index < -0.39 is 6.04 Å². The van der Waals surface area contributed by atoms with E-state index >= 15 is 0 Å². The summed E-state index contributed by atoms with van der Waals surface area (Å²) in [5.41, 5.74) is 4.03. The molecule has 0 spiro atoms. The Labute approximate surface area is 177 Å². The number of rotatable bonds is 5. The Morgan fingerprint density at radius 3 is 2.45 bits per heavy atom. The van der Waals surface area contributed by atoms with Crippen molar-refractivity contribution in [1.82, 2.24) is 20.3 Å². The van der Waals surface area contributed by atoms with Crippen LogP contribution in [-0.4, -0.2) is 27.3 Å². The SMILES string of the molecule is Cn1ccnc1C(NC(=O)c1ccc(N2NC(=O)CCC2=O)cc1)c1ccc(F)cc1. The molecule has 1 aromatic heterocycles. The van der Waals surface area contributed by atoms with Crippen molar-refractivity contribution < 1.29 is 18.8 Å². The average Bonchev–Trinajstić information content (AvgIpc) is 3.20. The van der Waals surface area contributed by atoms with Gasteiger partial charge in [0.15, 0.2) is 0 Å². The average molecular weight is 421 g/mol. The van der Waals surface area contributed by atoms with Crippen LogP contribution in [0.1, 0.15) is 40.6 Å². The highest BCUT2D eigenvalue weighted by molar-refractivity contribution is 6.01. The van der Waals surface area contributed by atoms with Gasteiger partial charge in [0.25, 0.3) is 5.91 Å². The van der Waals surface area contributed by atoms with E-state index in [9.17, 15) is 18.8 Å². The number of anilines is 1. The predicted molar refractivity (Wildman–Crippen MR) is 110 cm³/mol. The third kappa shape index (κ3) is 4.30. The molecule has 8 nitrogen and oxygen atoms in total. The molecule has 1 aliphatic heterocycles. The van der Waals surface area contributed by atoms with Gasteiger partial charge in [0, 0.05) is 37.8 Å². The maximum absolute atomic E-state index is 13.4. The highest BCUT2D eigenvalue weighted by Gasteiger charge is 2.25. The Bertz CT molecular complexity index is 1120. The van der Waals surface area contributed by atoms with Crippen LogP contribution >= 0.6 is 0 Å². The fourth-order valence-electron chi connectivity index (χ4n) is 3.37. The lowest BCUT2D eigenvalue weighted by molar-refractivity contribution is -0.130. The summed E-state index contributed by atoms with van der Waals surface area (Å²) < 4.78 is 15.2. The summed E-state index contributed by atoms with van der Waals surface area (Å²) in [5, 5.41) is 4.12. The van der Waals surface area contributed by atoms with E-state index in [-0.39, 0.29) is 36.4 Å². The van der Waals surface area contributed by atoms with Crippen molar-refractivity contribution in [3.8, 4) is 0 Å². The third-order valence-electron chi connectivity index (χ3n) is 5.03. The number of halogens is 1. The monoisotopic (exact) mass is 421 g/mol. The van der Waals surface area contributed by atoms with Gasteiger partial charge in [-0.1, -0.05) is 12.1 Å². The Morgan fingerprint density at radius 1 is 1.10 bits per heavy atom. The Hall–Kier alpha value is -4.01. The molecule has 0 bridgehead atoms. The van der Waals surface area contributed by atoms with Crippen LogP contribution < -0.4 is 15.8 Å². The predicted octanol–water partition coefficient (Wildman–Crippen LogP) is 2.24. The normalized spacial score (nSPS) is 14.8. The lowest BCUT2D eigenvalue weighted by Gasteiger charge is -2.27. The number of nitrogens with zero attached hydrogens (tertiary/aromatic N) is 3. The summed E-state index contributed by atoms with van der Waals surface area (Å²) >= 11 is 0. The molecule has 0 saturated carbocycles. The lowest BCUT2D eigenvalue weighted by Crippen LogP contribution is -2.50. The van der Waals surface area contributed by atoms with Gasteiger partial charge in [-0.05, 0) is 42.0 Å². The molecule has 3 amide bonds. The van der Waals surface area contributed by atoms with Gasteiger partial charge >= 0.3 is 0 Å². The fraction of sp³-hybridized carbons (Fsp3) is 0.182. The molecule has 2 aromatic carbocycles. The molecule has 2 N–H and O–H groups in total. The molecule has 0 radical (unpaired) electrons. The highest BCUT2D eigenvalue weighted by atomic mass is 19.1. The van der Waals surface area contributed by atoms with Gasteiger partial charge in [0.2, 0.25) is 11.8 Å². The van der Waals surface area contributed by atoms with E-state index in [1.165, 1.54) is 17.1 Å². The summed E-state index contributed by atoms with van der Waals surface area (Å²) in [6.07, 6.45) is 3.68. The second-order valence-corrected chi connectivity index (χ2v) is 7.17. The summed E-state index contributed by atoms with van der Waals surface area (Å²) in [7, 11) is 1.81. The number of aryl methyl sites for hydroxylation is 1. The molecule has 1 saturated heterocycles. The van der Waals surface area contributed by atoms with E-state index in [1.54, 1.807) is 53.4 Å². The van der Waals surface area contributed by atoms with Crippen molar-refractivity contribution in [3.05, 3.63) is 83.7 Å². The van der Waals surface area contributed by atoms with Gasteiger partial charge < -0.3 is 9.88 Å². The number of hydrogen-bond acceptors (Lipinski definition) is 4. The number of benzene rings is 2. The molecule has 1 fully saturated rings. The smallest absolute Gasteiger partial charge is 0.252 e. The maximum Gasteiger partial charge on any atom is 0.252 e. The zero-order valence-electron chi connectivity index (χ0n) is 16.7. The van der Waals surface area contributed by atoms with Crippen LogP contribution in [0.2, 0.25) is 0 Å². The van der Waals surface area contributed by atoms with Gasteiger partial charge in [-0.25, -0.2) is 14.4 Å². The second kappa shape index (κ2) is 8.39. The first-order valence-corrected chi connectivity index (χ1v) is 9.68. The molecule has 2 heterocycles. The molecule has 4 rings (SSSR count). The fourth-order valence-corrected chi connectivity index (χ4v) is 3.37. The Balaban J connectivity index is 1.56. The van der Waals surface area contributed by atoms with E-state index in [0.29, 0.717) is 22.6 Å². The van der Waals surface area contributed by atoms with Crippen LogP contribution in [0.3, 0.4) is 0 Å². The van der Waals surface area contributed by atoms with Gasteiger partial charge in [-0.2, -0.15) is 0 Å². The number of nitrogens with one attached hydrogen (secondary N) is 2. The summed E-state index contributed by atoms with van der Waals surface area (Å²) in [4.78, 5) is 40.9. The standard InChI is InChI=1S/C22H20FN5O3/c1-27-13-12-24-21(27)20(14-2-6-16(23)7-3-14)25-22(31)15-4-8-17(9-5-15)28-19(30)11-10-18(29)26-28/h2-9,12-13,20H,10-11H2,1H3,(H,25,31)(H,26,29). The second-order valence-electron chi connectivity index (χ2n) is 7.17. The molecule has 1 unspecified atom stereocenters. The van der Waals surface area contributed by atoms with E-state index in [4.69, 9.17) is 0 Å². The minimum atomic E-state index is -0.587. The first kappa shape index (κ1) is 20.3. The number of amides is 3. The molecule has 0 aliphatic carbocycles. The number of aromatic nitrogens is 2. The van der Waals surface area contributed by atoms with Gasteiger partial charge in [-0.3, -0.25) is 19.8 Å². The van der Waals surface area contributed by atoms with Crippen molar-refractivity contribution in [1.29, 1.82) is 0 Å². The summed E-state index contributed by atoms with van der Waals surface area (Å²) in [6.45, 7) is 0. The van der Waals surface area contributed by atoms with Crippen LogP contribution in [-0.2, 0) is 16.6 Å². The number of hydrazine groups is 1. The molecular formula is C22H20FN5O3. The first-order chi connectivity index (χ1) is 14.9. The van der Waals surface area contributed by atoms with Crippen LogP contribution in [0.5, 0.6) is 0 Å². The van der Waals surface area contributed by atoms with E-state index in [2.05, 4.69) is 15.7 Å². The van der Waals surface area contributed by atoms with E-state index in [1.807, 2.05) is 7.05 Å². The number of imidazole rings is 1. The van der Waals surface area contributed by atoms with Crippen molar-refractivity contribution in [3.63, 3.8) is 0 Å². The number of carbonyl (C=O) groups is 3. The van der Waals surface area contributed by atoms with Crippen LogP contribution in [0.25, 0.3) is 0 Å². The number of carbonyl (C=O) groups excluding carboxylic acids is 3. The van der Waals surface area contributed by atoms with Crippen LogP contribution in [0.4, 0.5) is 10.1 Å². The Morgan fingerprint density at radius 2 is 1.81 bits per heavy atom. The molecule has 31 heavy (non-hydrogen) atoms. The number of hydrogen-bond donors (Lipinski definition) is 2. The molecule has 9 heteroatoms. The van der Waals surface area contributed by atoms with Crippen LogP contribution in [0, 0.1) is 5.82 Å². The van der Waals surface area contributed by atoms with Crippen molar-refractivity contribution in [2.75, 3.05) is 5.01 Å². The summed E-state index contributed by atoms with van der Waals surface area (Å²) in [6, 6.07) is 11.6. The minimum Gasteiger partial charge on any atom is -0.338 e. The maximum atomic E-state index is 13.4. The quantitative estimate of drug-likeness (QED) is 0.660.